The molecule has 0 bridgehead atoms. The Kier molecular flexibility index (Phi) is 2.65. The SMILES string of the molecule is CCC1CC(c2ccccc2)CO1. The molecule has 1 saturated heterocycles. The van der Waals surface area contributed by atoms with Crippen molar-refractivity contribution in [2.45, 2.75) is 31.8 Å². The third-order valence-electron chi connectivity index (χ3n) is 2.81. The van der Waals surface area contributed by atoms with Crippen molar-refractivity contribution in [3.8, 4) is 0 Å². The van der Waals surface area contributed by atoms with Gasteiger partial charge in [0.2, 0.25) is 0 Å². The normalized spacial score (nSPS) is 27.8. The van der Waals surface area contributed by atoms with Crippen LogP contribution in [0.15, 0.2) is 30.3 Å². The maximum Gasteiger partial charge on any atom is 0.0579 e. The number of hydrogen-bond acceptors (Lipinski definition) is 1. The first-order valence-corrected chi connectivity index (χ1v) is 5.06. The Balaban J connectivity index is 2.04. The molecular formula is C12H16O. The maximum absolute atomic E-state index is 5.67. The fourth-order valence-electron chi connectivity index (χ4n) is 1.95. The van der Waals surface area contributed by atoms with Crippen LogP contribution < -0.4 is 0 Å². The van der Waals surface area contributed by atoms with Gasteiger partial charge in [0.05, 0.1) is 12.7 Å². The average Bonchev–Trinajstić information content (AvgIpc) is 2.67. The van der Waals surface area contributed by atoms with E-state index in [-0.39, 0.29) is 0 Å². The zero-order valence-electron chi connectivity index (χ0n) is 8.07. The van der Waals surface area contributed by atoms with Crippen LogP contribution in [0, 0.1) is 0 Å². The Morgan fingerprint density at radius 3 is 2.69 bits per heavy atom. The molecule has 2 unspecified atom stereocenters. The van der Waals surface area contributed by atoms with Crippen LogP contribution in [0.1, 0.15) is 31.2 Å². The van der Waals surface area contributed by atoms with E-state index in [0.717, 1.165) is 13.0 Å². The second-order valence-corrected chi connectivity index (χ2v) is 3.71. The first-order chi connectivity index (χ1) is 6.40. The van der Waals surface area contributed by atoms with Crippen molar-refractivity contribution in [2.24, 2.45) is 0 Å². The van der Waals surface area contributed by atoms with Crippen LogP contribution in [0.3, 0.4) is 0 Å². The third-order valence-corrected chi connectivity index (χ3v) is 2.81. The van der Waals surface area contributed by atoms with Crippen LogP contribution in [-0.4, -0.2) is 12.7 Å². The molecule has 0 amide bonds. The van der Waals surface area contributed by atoms with Crippen molar-refractivity contribution in [1.82, 2.24) is 0 Å². The third kappa shape index (κ3) is 1.92. The summed E-state index contributed by atoms with van der Waals surface area (Å²) in [6.45, 7) is 3.10. The first kappa shape index (κ1) is 8.76. The van der Waals surface area contributed by atoms with E-state index in [9.17, 15) is 0 Å². The molecule has 1 heterocycles. The van der Waals surface area contributed by atoms with Crippen molar-refractivity contribution in [1.29, 1.82) is 0 Å². The highest BCUT2D eigenvalue weighted by atomic mass is 16.5. The summed E-state index contributed by atoms with van der Waals surface area (Å²) >= 11 is 0. The summed E-state index contributed by atoms with van der Waals surface area (Å²) in [5.74, 6) is 0.631. The van der Waals surface area contributed by atoms with Gasteiger partial charge in [-0.1, -0.05) is 37.3 Å². The van der Waals surface area contributed by atoms with E-state index in [1.807, 2.05) is 0 Å². The van der Waals surface area contributed by atoms with Crippen molar-refractivity contribution in [2.75, 3.05) is 6.61 Å². The smallest absolute Gasteiger partial charge is 0.0579 e. The second-order valence-electron chi connectivity index (χ2n) is 3.71. The van der Waals surface area contributed by atoms with Crippen LogP contribution in [-0.2, 0) is 4.74 Å². The van der Waals surface area contributed by atoms with Crippen molar-refractivity contribution in [3.63, 3.8) is 0 Å². The van der Waals surface area contributed by atoms with E-state index >= 15 is 0 Å². The molecule has 1 fully saturated rings. The summed E-state index contributed by atoms with van der Waals surface area (Å²) in [5, 5.41) is 0. The van der Waals surface area contributed by atoms with E-state index in [2.05, 4.69) is 37.3 Å². The number of hydrogen-bond donors (Lipinski definition) is 0. The van der Waals surface area contributed by atoms with Crippen molar-refractivity contribution >= 4 is 0 Å². The highest BCUT2D eigenvalue weighted by Crippen LogP contribution is 2.30. The Bertz CT molecular complexity index is 255. The van der Waals surface area contributed by atoms with Crippen molar-refractivity contribution < 1.29 is 4.74 Å². The van der Waals surface area contributed by atoms with Crippen LogP contribution in [0.2, 0.25) is 0 Å². The Morgan fingerprint density at radius 1 is 1.31 bits per heavy atom. The van der Waals surface area contributed by atoms with E-state index in [0.29, 0.717) is 12.0 Å². The zero-order chi connectivity index (χ0) is 9.10. The molecular weight excluding hydrogens is 160 g/mol. The maximum atomic E-state index is 5.67. The molecule has 2 rings (SSSR count). The molecule has 0 aliphatic carbocycles. The van der Waals surface area contributed by atoms with Gasteiger partial charge in [0.15, 0.2) is 0 Å². The van der Waals surface area contributed by atoms with Gasteiger partial charge in [-0.3, -0.25) is 0 Å². The summed E-state index contributed by atoms with van der Waals surface area (Å²) < 4.78 is 5.67. The standard InChI is InChI=1S/C12H16O/c1-2-12-8-11(9-13-12)10-6-4-3-5-7-10/h3-7,11-12H,2,8-9H2,1H3. The molecule has 1 aromatic carbocycles. The number of ether oxygens (including phenoxy) is 1. The first-order valence-electron chi connectivity index (χ1n) is 5.06. The summed E-state index contributed by atoms with van der Waals surface area (Å²) in [5.41, 5.74) is 1.43. The molecule has 1 nitrogen and oxygen atoms in total. The minimum Gasteiger partial charge on any atom is -0.378 e. The lowest BCUT2D eigenvalue weighted by molar-refractivity contribution is 0.107. The topological polar surface area (TPSA) is 9.23 Å². The molecule has 0 saturated carbocycles. The highest BCUT2D eigenvalue weighted by Gasteiger charge is 2.24. The fourth-order valence-corrected chi connectivity index (χ4v) is 1.95. The van der Waals surface area contributed by atoms with Gasteiger partial charge in [0.1, 0.15) is 0 Å². The predicted octanol–water partition coefficient (Wildman–Crippen LogP) is 2.97. The molecule has 2 atom stereocenters. The fraction of sp³-hybridized carbons (Fsp3) is 0.500. The van der Waals surface area contributed by atoms with E-state index < -0.39 is 0 Å². The minimum absolute atomic E-state index is 0.491. The van der Waals surface area contributed by atoms with Gasteiger partial charge >= 0.3 is 0 Å². The van der Waals surface area contributed by atoms with Crippen LogP contribution >= 0.6 is 0 Å². The number of benzene rings is 1. The summed E-state index contributed by atoms with van der Waals surface area (Å²) in [7, 11) is 0. The van der Waals surface area contributed by atoms with E-state index in [1.165, 1.54) is 12.0 Å². The summed E-state index contributed by atoms with van der Waals surface area (Å²) in [6.07, 6.45) is 2.83. The van der Waals surface area contributed by atoms with Gasteiger partial charge in [-0.05, 0) is 18.4 Å². The van der Waals surface area contributed by atoms with Gasteiger partial charge in [-0.2, -0.15) is 0 Å². The van der Waals surface area contributed by atoms with E-state index in [4.69, 9.17) is 4.74 Å². The molecule has 0 spiro atoms. The van der Waals surface area contributed by atoms with Crippen LogP contribution in [0.4, 0.5) is 0 Å². The Morgan fingerprint density at radius 2 is 2.08 bits per heavy atom. The lowest BCUT2D eigenvalue weighted by Crippen LogP contribution is -2.01. The van der Waals surface area contributed by atoms with Gasteiger partial charge in [-0.15, -0.1) is 0 Å². The average molecular weight is 176 g/mol. The number of rotatable bonds is 2. The van der Waals surface area contributed by atoms with Gasteiger partial charge < -0.3 is 4.74 Å². The van der Waals surface area contributed by atoms with Crippen LogP contribution in [0.5, 0.6) is 0 Å². The quantitative estimate of drug-likeness (QED) is 0.673. The molecule has 1 aromatic rings. The molecule has 13 heavy (non-hydrogen) atoms. The summed E-state index contributed by atoms with van der Waals surface area (Å²) in [4.78, 5) is 0. The molecule has 1 aliphatic heterocycles. The van der Waals surface area contributed by atoms with Gasteiger partial charge in [-0.25, -0.2) is 0 Å². The van der Waals surface area contributed by atoms with E-state index in [1.54, 1.807) is 0 Å². The van der Waals surface area contributed by atoms with Gasteiger partial charge in [0.25, 0.3) is 0 Å². The Labute approximate surface area is 79.7 Å². The van der Waals surface area contributed by atoms with Crippen molar-refractivity contribution in [3.05, 3.63) is 35.9 Å². The highest BCUT2D eigenvalue weighted by molar-refractivity contribution is 5.20. The largest absolute Gasteiger partial charge is 0.378 e. The molecule has 1 aliphatic rings. The minimum atomic E-state index is 0.491. The molecule has 70 valence electrons. The second kappa shape index (κ2) is 3.93. The molecule has 1 heteroatoms. The predicted molar refractivity (Wildman–Crippen MR) is 53.8 cm³/mol. The molecule has 0 aromatic heterocycles. The monoisotopic (exact) mass is 176 g/mol. The lowest BCUT2D eigenvalue weighted by atomic mass is 9.96. The molecule has 0 radical (unpaired) electrons. The Hall–Kier alpha value is -0.820. The van der Waals surface area contributed by atoms with Crippen LogP contribution in [0.25, 0.3) is 0 Å². The summed E-state index contributed by atoms with van der Waals surface area (Å²) in [6, 6.07) is 10.7. The van der Waals surface area contributed by atoms with Gasteiger partial charge in [0, 0.05) is 5.92 Å². The lowest BCUT2D eigenvalue weighted by Gasteiger charge is -2.07. The molecule has 0 N–H and O–H groups in total. The zero-order valence-corrected chi connectivity index (χ0v) is 8.07.